The van der Waals surface area contributed by atoms with Crippen molar-refractivity contribution in [2.75, 3.05) is 18.0 Å². The maximum atomic E-state index is 12.3. The van der Waals surface area contributed by atoms with Crippen molar-refractivity contribution in [1.29, 1.82) is 0 Å². The minimum Gasteiger partial charge on any atom is -0.480 e. The number of carbonyl (C=O) groups is 1. The van der Waals surface area contributed by atoms with Gasteiger partial charge >= 0.3 is 12.1 Å². The summed E-state index contributed by atoms with van der Waals surface area (Å²) in [5, 5.41) is 14.7. The molecule has 0 radical (unpaired) electrons. The van der Waals surface area contributed by atoms with E-state index in [9.17, 15) is 18.0 Å². The SMILES string of the molecule is O=C(O)CN(CC(F)(F)F)c1cc(Cl)nnc1Cl. The molecule has 0 spiro atoms. The summed E-state index contributed by atoms with van der Waals surface area (Å²) in [6, 6.07) is 1.02. The Balaban J connectivity index is 3.08. The lowest BCUT2D eigenvalue weighted by molar-refractivity contribution is -0.136. The van der Waals surface area contributed by atoms with E-state index in [1.54, 1.807) is 0 Å². The number of nitrogens with zero attached hydrogens (tertiary/aromatic N) is 3. The van der Waals surface area contributed by atoms with E-state index < -0.39 is 25.2 Å². The molecular formula is C8H6Cl2F3N3O2. The summed E-state index contributed by atoms with van der Waals surface area (Å²) in [6.45, 7) is -2.37. The van der Waals surface area contributed by atoms with Gasteiger partial charge in [0.15, 0.2) is 10.3 Å². The lowest BCUT2D eigenvalue weighted by Crippen LogP contribution is -2.38. The molecule has 18 heavy (non-hydrogen) atoms. The highest BCUT2D eigenvalue weighted by Crippen LogP contribution is 2.28. The Morgan fingerprint density at radius 2 is 2.00 bits per heavy atom. The van der Waals surface area contributed by atoms with Crippen molar-refractivity contribution in [3.8, 4) is 0 Å². The largest absolute Gasteiger partial charge is 0.480 e. The summed E-state index contributed by atoms with van der Waals surface area (Å²) >= 11 is 11.1. The van der Waals surface area contributed by atoms with Gasteiger partial charge in [0.1, 0.15) is 13.1 Å². The number of hydrogen-bond donors (Lipinski definition) is 1. The van der Waals surface area contributed by atoms with Gasteiger partial charge in [0.05, 0.1) is 5.69 Å². The predicted octanol–water partition coefficient (Wildman–Crippen LogP) is 2.24. The molecule has 0 aromatic carbocycles. The molecule has 1 aromatic rings. The highest BCUT2D eigenvalue weighted by Gasteiger charge is 2.33. The molecule has 1 heterocycles. The summed E-state index contributed by atoms with van der Waals surface area (Å²) < 4.78 is 37.0. The number of aliphatic carboxylic acids is 1. The third-order valence-corrected chi connectivity index (χ3v) is 2.19. The lowest BCUT2D eigenvalue weighted by atomic mass is 10.3. The normalized spacial score (nSPS) is 11.4. The van der Waals surface area contributed by atoms with Gasteiger partial charge in [0.2, 0.25) is 0 Å². The first-order valence-electron chi connectivity index (χ1n) is 4.41. The van der Waals surface area contributed by atoms with Crippen molar-refractivity contribution in [3.63, 3.8) is 0 Å². The molecular weight excluding hydrogens is 298 g/mol. The van der Waals surface area contributed by atoms with Crippen LogP contribution in [0.25, 0.3) is 0 Å². The summed E-state index contributed by atoms with van der Waals surface area (Å²) in [5.41, 5.74) is -0.239. The Bertz CT molecular complexity index is 456. The molecule has 0 saturated heterocycles. The quantitative estimate of drug-likeness (QED) is 0.924. The van der Waals surface area contributed by atoms with Crippen LogP contribution in [0.15, 0.2) is 6.07 Å². The fourth-order valence-electron chi connectivity index (χ4n) is 1.17. The van der Waals surface area contributed by atoms with Gasteiger partial charge in [-0.2, -0.15) is 13.2 Å². The number of hydrogen-bond acceptors (Lipinski definition) is 4. The summed E-state index contributed by atoms with van der Waals surface area (Å²) in [5.74, 6) is -1.44. The zero-order valence-corrected chi connectivity index (χ0v) is 10.1. The Hall–Kier alpha value is -1.28. The standard InChI is InChI=1S/C8H6Cl2F3N3O2/c9-5-1-4(7(10)15-14-5)16(2-6(17)18)3-8(11,12)13/h1H,2-3H2,(H,17,18). The molecule has 1 aromatic heterocycles. The van der Waals surface area contributed by atoms with Gasteiger partial charge in [0.25, 0.3) is 0 Å². The number of halogens is 5. The predicted molar refractivity (Wildman–Crippen MR) is 58.0 cm³/mol. The average Bonchev–Trinajstić information content (AvgIpc) is 2.18. The minimum absolute atomic E-state index is 0.188. The van der Waals surface area contributed by atoms with E-state index in [1.807, 2.05) is 0 Å². The fourth-order valence-corrected chi connectivity index (χ4v) is 1.52. The van der Waals surface area contributed by atoms with Gasteiger partial charge in [-0.25, -0.2) is 0 Å². The van der Waals surface area contributed by atoms with E-state index in [0.29, 0.717) is 4.90 Å². The molecule has 0 amide bonds. The maximum Gasteiger partial charge on any atom is 0.405 e. The monoisotopic (exact) mass is 303 g/mol. The van der Waals surface area contributed by atoms with E-state index >= 15 is 0 Å². The summed E-state index contributed by atoms with van der Waals surface area (Å²) in [6.07, 6.45) is -4.59. The maximum absolute atomic E-state index is 12.3. The van der Waals surface area contributed by atoms with E-state index in [-0.39, 0.29) is 16.0 Å². The van der Waals surface area contributed by atoms with Crippen molar-refractivity contribution in [3.05, 3.63) is 16.4 Å². The Morgan fingerprint density at radius 1 is 1.39 bits per heavy atom. The third kappa shape index (κ3) is 4.53. The first kappa shape index (κ1) is 14.8. The van der Waals surface area contributed by atoms with Crippen LogP contribution < -0.4 is 4.90 Å². The number of alkyl halides is 3. The molecule has 1 rings (SSSR count). The average molecular weight is 304 g/mol. The van der Waals surface area contributed by atoms with Gasteiger partial charge in [-0.3, -0.25) is 4.79 Å². The van der Waals surface area contributed by atoms with Crippen LogP contribution in [0.3, 0.4) is 0 Å². The third-order valence-electron chi connectivity index (χ3n) is 1.74. The smallest absolute Gasteiger partial charge is 0.405 e. The lowest BCUT2D eigenvalue weighted by Gasteiger charge is -2.24. The second-order valence-corrected chi connectivity index (χ2v) is 3.95. The second-order valence-electron chi connectivity index (χ2n) is 3.21. The zero-order chi connectivity index (χ0) is 13.9. The van der Waals surface area contributed by atoms with Crippen molar-refractivity contribution < 1.29 is 23.1 Å². The molecule has 0 atom stereocenters. The first-order chi connectivity index (χ1) is 8.19. The van der Waals surface area contributed by atoms with Crippen molar-refractivity contribution >= 4 is 34.9 Å². The van der Waals surface area contributed by atoms with Crippen LogP contribution >= 0.6 is 23.2 Å². The molecule has 0 aliphatic heterocycles. The van der Waals surface area contributed by atoms with E-state index in [2.05, 4.69) is 10.2 Å². The highest BCUT2D eigenvalue weighted by atomic mass is 35.5. The molecule has 100 valence electrons. The van der Waals surface area contributed by atoms with Crippen LogP contribution in [0.5, 0.6) is 0 Å². The van der Waals surface area contributed by atoms with Gasteiger partial charge in [-0.1, -0.05) is 23.2 Å². The van der Waals surface area contributed by atoms with Gasteiger partial charge in [0, 0.05) is 6.07 Å². The fraction of sp³-hybridized carbons (Fsp3) is 0.375. The van der Waals surface area contributed by atoms with Crippen LogP contribution in [0.1, 0.15) is 0 Å². The van der Waals surface area contributed by atoms with Crippen LogP contribution in [0.2, 0.25) is 10.3 Å². The molecule has 0 bridgehead atoms. The van der Waals surface area contributed by atoms with Crippen LogP contribution in [0, 0.1) is 0 Å². The second kappa shape index (κ2) is 5.57. The molecule has 0 aliphatic carbocycles. The van der Waals surface area contributed by atoms with Gasteiger partial charge < -0.3 is 10.0 Å². The zero-order valence-electron chi connectivity index (χ0n) is 8.58. The molecule has 5 nitrogen and oxygen atoms in total. The number of aromatic nitrogens is 2. The number of rotatable bonds is 4. The van der Waals surface area contributed by atoms with Crippen LogP contribution in [-0.4, -0.2) is 40.5 Å². The van der Waals surface area contributed by atoms with Crippen LogP contribution in [-0.2, 0) is 4.79 Å². The molecule has 0 fully saturated rings. The molecule has 0 unspecified atom stereocenters. The number of carboxylic acids is 1. The Kier molecular flexibility index (Phi) is 4.58. The van der Waals surface area contributed by atoms with E-state index in [1.165, 1.54) is 0 Å². The highest BCUT2D eigenvalue weighted by molar-refractivity contribution is 6.33. The first-order valence-corrected chi connectivity index (χ1v) is 5.17. The molecule has 0 aliphatic rings. The van der Waals surface area contributed by atoms with Crippen molar-refractivity contribution in [2.45, 2.75) is 6.18 Å². The Labute approximate surface area is 109 Å². The minimum atomic E-state index is -4.59. The Morgan fingerprint density at radius 3 is 2.50 bits per heavy atom. The topological polar surface area (TPSA) is 66.3 Å². The molecule has 10 heteroatoms. The molecule has 0 saturated carbocycles. The summed E-state index contributed by atoms with van der Waals surface area (Å²) in [4.78, 5) is 11.0. The van der Waals surface area contributed by atoms with Crippen LogP contribution in [0.4, 0.5) is 18.9 Å². The number of carboxylic acid groups (broad SMARTS) is 1. The van der Waals surface area contributed by atoms with E-state index in [4.69, 9.17) is 28.3 Å². The van der Waals surface area contributed by atoms with Crippen molar-refractivity contribution in [2.24, 2.45) is 0 Å². The van der Waals surface area contributed by atoms with Gasteiger partial charge in [-0.15, -0.1) is 10.2 Å². The molecule has 1 N–H and O–H groups in total. The van der Waals surface area contributed by atoms with E-state index in [0.717, 1.165) is 6.07 Å². The summed E-state index contributed by atoms with van der Waals surface area (Å²) in [7, 11) is 0. The number of anilines is 1. The van der Waals surface area contributed by atoms with Crippen molar-refractivity contribution in [1.82, 2.24) is 10.2 Å². The van der Waals surface area contributed by atoms with Gasteiger partial charge in [-0.05, 0) is 0 Å².